The van der Waals surface area contributed by atoms with Crippen LogP contribution in [0, 0.1) is 0 Å². The molecule has 3 nitrogen and oxygen atoms in total. The van der Waals surface area contributed by atoms with Gasteiger partial charge in [0, 0.05) is 17.8 Å². The number of alkyl halides is 3. The highest BCUT2D eigenvalue weighted by molar-refractivity contribution is 6.84. The van der Waals surface area contributed by atoms with Crippen LogP contribution in [0.15, 0.2) is 138 Å². The van der Waals surface area contributed by atoms with Gasteiger partial charge >= 0.3 is 13.0 Å². The Labute approximate surface area is 220 Å². The number of nitrogens with zero attached hydrogens (tertiary/aromatic N) is 1. The first-order chi connectivity index (χ1) is 18.3. The van der Waals surface area contributed by atoms with Gasteiger partial charge in [0.25, 0.3) is 0 Å². The summed E-state index contributed by atoms with van der Waals surface area (Å²) < 4.78 is 44.4. The SMILES string of the molecule is C/C(NCc1ccccc1)=C(C(=O)c1ccccc1)/C(=N/B(c1ccccc1)c1ccccc1)C(F)(F)F. The summed E-state index contributed by atoms with van der Waals surface area (Å²) in [6, 6.07) is 34.8. The summed E-state index contributed by atoms with van der Waals surface area (Å²) in [6.07, 6.45) is -4.89. The van der Waals surface area contributed by atoms with Gasteiger partial charge in [-0.2, -0.15) is 13.2 Å². The van der Waals surface area contributed by atoms with Crippen molar-refractivity contribution in [1.82, 2.24) is 5.32 Å². The van der Waals surface area contributed by atoms with Crippen LogP contribution in [0.2, 0.25) is 0 Å². The standard InChI is InChI=1S/C31H26BF3N2O/c1-23(36-22-24-14-6-2-7-15-24)28(29(38)25-16-8-3-9-17-25)30(31(33,34)35)37-32(26-18-10-4-11-19-26)27-20-12-5-13-21-27/h2-21,36H,22H2,1H3/b28-23-,37-30-. The third kappa shape index (κ3) is 6.68. The lowest BCUT2D eigenvalue weighted by Crippen LogP contribution is -2.44. The molecule has 0 unspecified atom stereocenters. The van der Waals surface area contributed by atoms with E-state index in [1.54, 1.807) is 78.9 Å². The van der Waals surface area contributed by atoms with Gasteiger partial charge in [0.05, 0.1) is 5.57 Å². The van der Waals surface area contributed by atoms with E-state index in [1.807, 2.05) is 30.3 Å². The maximum atomic E-state index is 14.8. The monoisotopic (exact) mass is 510 g/mol. The van der Waals surface area contributed by atoms with Crippen LogP contribution < -0.4 is 16.2 Å². The Hall–Kier alpha value is -4.39. The second kappa shape index (κ2) is 12.2. The van der Waals surface area contributed by atoms with Crippen molar-refractivity contribution >= 4 is 29.3 Å². The van der Waals surface area contributed by atoms with E-state index in [-0.39, 0.29) is 17.8 Å². The number of rotatable bonds is 9. The van der Waals surface area contributed by atoms with Crippen molar-refractivity contribution in [2.75, 3.05) is 0 Å². The number of hydrogen-bond donors (Lipinski definition) is 1. The van der Waals surface area contributed by atoms with Gasteiger partial charge in [-0.25, -0.2) is 0 Å². The van der Waals surface area contributed by atoms with Crippen LogP contribution in [0.5, 0.6) is 0 Å². The third-order valence-corrected chi connectivity index (χ3v) is 6.03. The molecule has 0 spiro atoms. The highest BCUT2D eigenvalue weighted by atomic mass is 19.4. The maximum Gasteiger partial charge on any atom is 0.432 e. The minimum Gasteiger partial charge on any atom is -0.384 e. The second-order valence-electron chi connectivity index (χ2n) is 8.73. The van der Waals surface area contributed by atoms with Gasteiger partial charge in [-0.3, -0.25) is 4.79 Å². The molecular weight excluding hydrogens is 484 g/mol. The van der Waals surface area contributed by atoms with E-state index in [9.17, 15) is 18.0 Å². The van der Waals surface area contributed by atoms with E-state index in [2.05, 4.69) is 10.2 Å². The zero-order valence-electron chi connectivity index (χ0n) is 20.8. The van der Waals surface area contributed by atoms with E-state index in [0.717, 1.165) is 5.56 Å². The van der Waals surface area contributed by atoms with Gasteiger partial charge in [-0.15, -0.1) is 0 Å². The Morgan fingerprint density at radius 1 is 0.737 bits per heavy atom. The molecule has 1 N–H and O–H groups in total. The van der Waals surface area contributed by atoms with Crippen molar-refractivity contribution in [2.24, 2.45) is 4.90 Å². The lowest BCUT2D eigenvalue weighted by Gasteiger charge is -2.20. The smallest absolute Gasteiger partial charge is 0.384 e. The summed E-state index contributed by atoms with van der Waals surface area (Å²) in [4.78, 5) is 17.9. The van der Waals surface area contributed by atoms with Crippen LogP contribution in [-0.2, 0) is 6.54 Å². The number of halogens is 3. The van der Waals surface area contributed by atoms with E-state index >= 15 is 0 Å². The largest absolute Gasteiger partial charge is 0.432 e. The van der Waals surface area contributed by atoms with E-state index in [4.69, 9.17) is 0 Å². The second-order valence-corrected chi connectivity index (χ2v) is 8.73. The molecule has 0 saturated heterocycles. The van der Waals surface area contributed by atoms with Crippen LogP contribution in [-0.4, -0.2) is 24.5 Å². The number of benzene rings is 4. The number of Topliss-reactive ketones (excluding diaryl/α,β-unsaturated/α-hetero) is 1. The van der Waals surface area contributed by atoms with E-state index in [1.165, 1.54) is 19.1 Å². The first-order valence-electron chi connectivity index (χ1n) is 12.2. The highest BCUT2D eigenvalue weighted by Crippen LogP contribution is 2.27. The van der Waals surface area contributed by atoms with E-state index < -0.39 is 30.1 Å². The normalized spacial score (nSPS) is 12.5. The molecule has 4 aromatic rings. The fraction of sp³-hybridized carbons (Fsp3) is 0.0968. The summed E-state index contributed by atoms with van der Waals surface area (Å²) >= 11 is 0. The Morgan fingerprint density at radius 2 is 1.18 bits per heavy atom. The molecule has 7 heteroatoms. The predicted octanol–water partition coefficient (Wildman–Crippen LogP) is 5.74. The molecule has 4 rings (SSSR count). The van der Waals surface area contributed by atoms with Gasteiger partial charge in [0.2, 0.25) is 0 Å². The summed E-state index contributed by atoms with van der Waals surface area (Å²) in [6.45, 7) is 0.777. The summed E-state index contributed by atoms with van der Waals surface area (Å²) in [5.41, 5.74) is 0.563. The van der Waals surface area contributed by atoms with Crippen LogP contribution >= 0.6 is 0 Å². The lowest BCUT2D eigenvalue weighted by atomic mass is 9.51. The average Bonchev–Trinajstić information content (AvgIpc) is 2.95. The molecule has 38 heavy (non-hydrogen) atoms. The third-order valence-electron chi connectivity index (χ3n) is 6.03. The van der Waals surface area contributed by atoms with Crippen LogP contribution in [0.25, 0.3) is 0 Å². The maximum absolute atomic E-state index is 14.8. The number of allylic oxidation sites excluding steroid dienone is 2. The average molecular weight is 510 g/mol. The van der Waals surface area contributed by atoms with Crippen molar-refractivity contribution in [1.29, 1.82) is 0 Å². The molecular formula is C31H26BF3N2O. The Kier molecular flexibility index (Phi) is 8.59. The number of carbonyl (C=O) groups excluding carboxylic acids is 1. The van der Waals surface area contributed by atoms with Crippen molar-refractivity contribution in [3.8, 4) is 0 Å². The Balaban J connectivity index is 1.89. The predicted molar refractivity (Wildman–Crippen MR) is 148 cm³/mol. The van der Waals surface area contributed by atoms with Crippen LogP contribution in [0.3, 0.4) is 0 Å². The van der Waals surface area contributed by atoms with Crippen molar-refractivity contribution in [2.45, 2.75) is 19.6 Å². The first-order valence-corrected chi connectivity index (χ1v) is 12.2. The van der Waals surface area contributed by atoms with Crippen molar-refractivity contribution in [3.63, 3.8) is 0 Å². The van der Waals surface area contributed by atoms with Gasteiger partial charge < -0.3 is 10.2 Å². The molecule has 0 saturated carbocycles. The van der Waals surface area contributed by atoms with Gasteiger partial charge in [-0.05, 0) is 23.4 Å². The first kappa shape index (κ1) is 26.7. The molecule has 190 valence electrons. The number of carbonyl (C=O) groups is 1. The summed E-state index contributed by atoms with van der Waals surface area (Å²) in [7, 11) is 0. The number of ketones is 1. The molecule has 0 aliphatic rings. The minimum absolute atomic E-state index is 0.0960. The molecule has 0 amide bonds. The minimum atomic E-state index is -4.89. The summed E-state index contributed by atoms with van der Waals surface area (Å²) in [5, 5.41) is 3.03. The molecule has 0 aliphatic carbocycles. The fourth-order valence-corrected chi connectivity index (χ4v) is 4.13. The topological polar surface area (TPSA) is 41.5 Å². The van der Waals surface area contributed by atoms with Gasteiger partial charge in [0.15, 0.2) is 5.78 Å². The molecule has 0 aliphatic heterocycles. The molecule has 0 radical (unpaired) electrons. The number of hydrogen-bond acceptors (Lipinski definition) is 3. The molecule has 0 heterocycles. The molecule has 4 aromatic carbocycles. The Morgan fingerprint density at radius 3 is 1.66 bits per heavy atom. The van der Waals surface area contributed by atoms with E-state index in [0.29, 0.717) is 10.9 Å². The quantitative estimate of drug-likeness (QED) is 0.135. The molecule has 0 fully saturated rings. The highest BCUT2D eigenvalue weighted by Gasteiger charge is 2.42. The van der Waals surface area contributed by atoms with Gasteiger partial charge in [0.1, 0.15) is 5.71 Å². The molecule has 0 aromatic heterocycles. The van der Waals surface area contributed by atoms with Crippen molar-refractivity contribution < 1.29 is 18.0 Å². The Bertz CT molecular complexity index is 1370. The van der Waals surface area contributed by atoms with Crippen LogP contribution in [0.4, 0.5) is 13.2 Å². The van der Waals surface area contributed by atoms with Crippen LogP contribution in [0.1, 0.15) is 22.8 Å². The molecule has 0 atom stereocenters. The zero-order chi connectivity index (χ0) is 27.0. The summed E-state index contributed by atoms with van der Waals surface area (Å²) in [5.74, 6) is -0.750. The van der Waals surface area contributed by atoms with Gasteiger partial charge in [-0.1, -0.05) is 121 Å². The number of nitrogens with one attached hydrogen (secondary N) is 1. The fourth-order valence-electron chi connectivity index (χ4n) is 4.13. The molecule has 0 bridgehead atoms. The van der Waals surface area contributed by atoms with Crippen molar-refractivity contribution in [3.05, 3.63) is 144 Å². The zero-order valence-corrected chi connectivity index (χ0v) is 20.8. The lowest BCUT2D eigenvalue weighted by molar-refractivity contribution is -0.0581.